The minimum Gasteiger partial charge on any atom is -0.494 e. The zero-order valence-corrected chi connectivity index (χ0v) is 21.1. The van der Waals surface area contributed by atoms with E-state index in [0.717, 1.165) is 0 Å². The van der Waals surface area contributed by atoms with Crippen molar-refractivity contribution in [2.75, 3.05) is 31.2 Å². The maximum atomic E-state index is 13.1. The van der Waals surface area contributed by atoms with Crippen LogP contribution in [0.2, 0.25) is 0 Å². The minimum atomic E-state index is -3.92. The third kappa shape index (κ3) is 4.70. The lowest BCUT2D eigenvalue weighted by atomic mass is 9.98. The molecule has 1 amide bonds. The summed E-state index contributed by atoms with van der Waals surface area (Å²) in [6, 6.07) is 8.54. The quantitative estimate of drug-likeness (QED) is 0.472. The van der Waals surface area contributed by atoms with Crippen LogP contribution in [0, 0.1) is 5.92 Å². The van der Waals surface area contributed by atoms with Crippen molar-refractivity contribution in [3.63, 3.8) is 0 Å². The fourth-order valence-electron chi connectivity index (χ4n) is 4.51. The van der Waals surface area contributed by atoms with Crippen LogP contribution in [0.15, 0.2) is 41.0 Å². The van der Waals surface area contributed by atoms with Crippen LogP contribution in [0.1, 0.15) is 27.2 Å². The molecule has 0 unspecified atom stereocenters. The van der Waals surface area contributed by atoms with E-state index in [0.29, 0.717) is 29.4 Å². The summed E-state index contributed by atoms with van der Waals surface area (Å²) in [5.41, 5.74) is -0.0141. The molecule has 3 aromatic rings. The highest BCUT2D eigenvalue weighted by molar-refractivity contribution is 7.92. The van der Waals surface area contributed by atoms with E-state index < -0.39 is 15.6 Å². The summed E-state index contributed by atoms with van der Waals surface area (Å²) in [4.78, 5) is 14.2. The number of para-hydroxylation sites is 1. The highest BCUT2D eigenvalue weighted by Crippen LogP contribution is 2.38. The normalized spacial score (nSPS) is 17.6. The van der Waals surface area contributed by atoms with Crippen molar-refractivity contribution in [2.45, 2.75) is 32.7 Å². The number of benzene rings is 1. The third-order valence-electron chi connectivity index (χ3n) is 6.08. The zero-order valence-electron chi connectivity index (χ0n) is 20.3. The zero-order chi connectivity index (χ0) is 25.4. The number of likely N-dealkylation sites (tertiary alicyclic amines) is 1. The number of methoxy groups -OCH3 is 2. The van der Waals surface area contributed by atoms with Crippen molar-refractivity contribution in [3.8, 4) is 28.8 Å². The fourth-order valence-corrected chi connectivity index (χ4v) is 5.44. The highest BCUT2D eigenvalue weighted by Gasteiger charge is 2.42. The predicted octanol–water partition coefficient (Wildman–Crippen LogP) is 2.93. The maximum absolute atomic E-state index is 13.1. The Morgan fingerprint density at radius 1 is 1.14 bits per heavy atom. The van der Waals surface area contributed by atoms with E-state index in [4.69, 9.17) is 13.9 Å². The van der Waals surface area contributed by atoms with Crippen LogP contribution >= 0.6 is 0 Å². The molecule has 1 atom stereocenters. The summed E-state index contributed by atoms with van der Waals surface area (Å²) in [5, 5.41) is 8.26. The van der Waals surface area contributed by atoms with Gasteiger partial charge in [-0.3, -0.25) is 14.1 Å². The molecule has 0 spiro atoms. The Bertz CT molecular complexity index is 1290. The molecule has 12 heteroatoms. The Morgan fingerprint density at radius 2 is 1.83 bits per heavy atom. The molecule has 0 radical (unpaired) electrons. The van der Waals surface area contributed by atoms with Gasteiger partial charge in [0, 0.05) is 18.0 Å². The van der Waals surface area contributed by atoms with Gasteiger partial charge in [-0.05, 0) is 44.5 Å². The molecule has 35 heavy (non-hydrogen) atoms. The average Bonchev–Trinajstić information content (AvgIpc) is 3.51. The second-order valence-electron chi connectivity index (χ2n) is 9.00. The van der Waals surface area contributed by atoms with E-state index in [1.807, 2.05) is 20.8 Å². The molecule has 188 valence electrons. The van der Waals surface area contributed by atoms with Crippen molar-refractivity contribution < 1.29 is 27.1 Å². The molecule has 2 aromatic heterocycles. The van der Waals surface area contributed by atoms with Crippen LogP contribution in [0.4, 0.5) is 5.95 Å². The van der Waals surface area contributed by atoms with Gasteiger partial charge >= 0.3 is 0 Å². The van der Waals surface area contributed by atoms with Crippen LogP contribution in [0.25, 0.3) is 17.3 Å². The van der Waals surface area contributed by atoms with Gasteiger partial charge in [-0.15, -0.1) is 10.2 Å². The Labute approximate surface area is 204 Å². The first-order valence-corrected chi connectivity index (χ1v) is 12.8. The van der Waals surface area contributed by atoms with Gasteiger partial charge in [-0.25, -0.2) is 8.42 Å². The van der Waals surface area contributed by atoms with Gasteiger partial charge in [-0.1, -0.05) is 13.0 Å². The van der Waals surface area contributed by atoms with Gasteiger partial charge in [-0.2, -0.15) is 0 Å². The number of nitrogens with zero attached hydrogens (tertiary/aromatic N) is 4. The second kappa shape index (κ2) is 9.25. The number of hydrogen-bond acceptors (Lipinski definition) is 8. The number of sulfonamides is 1. The molecule has 0 bridgehead atoms. The smallest absolute Gasteiger partial charge is 0.243 e. The summed E-state index contributed by atoms with van der Waals surface area (Å²) < 4.78 is 46.8. The number of aromatic nitrogens is 3. The summed E-state index contributed by atoms with van der Waals surface area (Å²) >= 11 is 0. The van der Waals surface area contributed by atoms with Gasteiger partial charge in [0.2, 0.25) is 27.7 Å². The lowest BCUT2D eigenvalue weighted by molar-refractivity contribution is -0.132. The number of anilines is 1. The molecule has 1 aliphatic heterocycles. The van der Waals surface area contributed by atoms with E-state index in [1.165, 1.54) is 25.0 Å². The average molecular weight is 504 g/mol. The first kappa shape index (κ1) is 24.6. The van der Waals surface area contributed by atoms with Gasteiger partial charge in [0.15, 0.2) is 5.76 Å². The minimum absolute atomic E-state index is 0.0489. The van der Waals surface area contributed by atoms with E-state index >= 15 is 0 Å². The molecular weight excluding hydrogens is 474 g/mol. The van der Waals surface area contributed by atoms with Crippen molar-refractivity contribution >= 4 is 21.9 Å². The molecule has 3 heterocycles. The first-order chi connectivity index (χ1) is 16.6. The standard InChI is InChI=1S/C23H29N5O6S/c1-15-14-23(2,3)27(21(15)29)11-13-35(30,31)26-22-25-24-20(18-10-7-12-34-18)28(22)19-16(32-4)8-6-9-17(19)33-5/h6-10,12,15H,11,13-14H2,1-5H3,(H,25,26)/t15-/m1/s1. The van der Waals surface area contributed by atoms with Crippen molar-refractivity contribution in [1.29, 1.82) is 0 Å². The summed E-state index contributed by atoms with van der Waals surface area (Å²) in [5.74, 6) is 0.881. The van der Waals surface area contributed by atoms with Gasteiger partial charge in [0.05, 0.1) is 26.2 Å². The first-order valence-electron chi connectivity index (χ1n) is 11.1. The topological polar surface area (TPSA) is 129 Å². The number of amides is 1. The van der Waals surface area contributed by atoms with Crippen LogP contribution < -0.4 is 14.2 Å². The number of furan rings is 1. The largest absolute Gasteiger partial charge is 0.494 e. The Kier molecular flexibility index (Phi) is 6.50. The Balaban J connectivity index is 1.71. The number of carbonyl (C=O) groups excluding carboxylic acids is 1. The van der Waals surface area contributed by atoms with Gasteiger partial charge in [0.25, 0.3) is 0 Å². The van der Waals surface area contributed by atoms with E-state index in [2.05, 4.69) is 14.9 Å². The Morgan fingerprint density at radius 3 is 2.37 bits per heavy atom. The molecule has 1 N–H and O–H groups in total. The lowest BCUT2D eigenvalue weighted by Crippen LogP contribution is -2.44. The highest BCUT2D eigenvalue weighted by atomic mass is 32.2. The number of carbonyl (C=O) groups is 1. The number of rotatable bonds is 9. The molecule has 1 fully saturated rings. The SMILES string of the molecule is COc1cccc(OC)c1-n1c(NS(=O)(=O)CCN2C(=O)[C@H](C)CC2(C)C)nnc1-c1ccco1. The molecular formula is C23H29N5O6S. The lowest BCUT2D eigenvalue weighted by Gasteiger charge is -2.31. The number of nitrogens with one attached hydrogen (secondary N) is 1. The van der Waals surface area contributed by atoms with Crippen molar-refractivity contribution in [3.05, 3.63) is 36.6 Å². The maximum Gasteiger partial charge on any atom is 0.243 e. The molecule has 0 saturated carbocycles. The van der Waals surface area contributed by atoms with Crippen LogP contribution in [0.3, 0.4) is 0 Å². The molecule has 1 aromatic carbocycles. The van der Waals surface area contributed by atoms with Crippen molar-refractivity contribution in [2.24, 2.45) is 5.92 Å². The molecule has 11 nitrogen and oxygen atoms in total. The van der Waals surface area contributed by atoms with Crippen molar-refractivity contribution in [1.82, 2.24) is 19.7 Å². The van der Waals surface area contributed by atoms with Gasteiger partial charge < -0.3 is 18.8 Å². The van der Waals surface area contributed by atoms with E-state index in [9.17, 15) is 13.2 Å². The second-order valence-corrected chi connectivity index (χ2v) is 10.8. The summed E-state index contributed by atoms with van der Waals surface area (Å²) in [6.45, 7) is 5.79. The third-order valence-corrected chi connectivity index (χ3v) is 7.30. The molecule has 4 rings (SSSR count). The number of ether oxygens (including phenoxy) is 2. The molecule has 1 saturated heterocycles. The predicted molar refractivity (Wildman–Crippen MR) is 129 cm³/mol. The van der Waals surface area contributed by atoms with Crippen LogP contribution in [-0.4, -0.2) is 66.0 Å². The fraction of sp³-hybridized carbons (Fsp3) is 0.435. The number of hydrogen-bond donors (Lipinski definition) is 1. The monoisotopic (exact) mass is 503 g/mol. The van der Waals surface area contributed by atoms with E-state index in [-0.39, 0.29) is 35.9 Å². The summed E-state index contributed by atoms with van der Waals surface area (Å²) in [6.07, 6.45) is 2.15. The summed E-state index contributed by atoms with van der Waals surface area (Å²) in [7, 11) is -0.928. The van der Waals surface area contributed by atoms with Gasteiger partial charge in [0.1, 0.15) is 17.2 Å². The molecule has 0 aliphatic carbocycles. The van der Waals surface area contributed by atoms with E-state index in [1.54, 1.807) is 35.2 Å². The molecule has 1 aliphatic rings. The van der Waals surface area contributed by atoms with Crippen LogP contribution in [0.5, 0.6) is 11.5 Å². The van der Waals surface area contributed by atoms with Crippen LogP contribution in [-0.2, 0) is 14.8 Å². The Hall–Kier alpha value is -3.54.